The first-order valence-corrected chi connectivity index (χ1v) is 15.3. The summed E-state index contributed by atoms with van der Waals surface area (Å²) in [5.41, 5.74) is 0.976. The summed E-state index contributed by atoms with van der Waals surface area (Å²) in [6.07, 6.45) is 6.75. The minimum absolute atomic E-state index is 0. The summed E-state index contributed by atoms with van der Waals surface area (Å²) >= 11 is 0. The summed E-state index contributed by atoms with van der Waals surface area (Å²) in [4.78, 5) is 13.1. The van der Waals surface area contributed by atoms with Crippen LogP contribution in [-0.2, 0) is 10.0 Å². The fourth-order valence-electron chi connectivity index (χ4n) is 4.53. The molecule has 0 aromatic heterocycles. The molecular weight excluding hydrogens is 566 g/mol. The van der Waals surface area contributed by atoms with Gasteiger partial charge in [0.1, 0.15) is 5.75 Å². The van der Waals surface area contributed by atoms with Gasteiger partial charge in [-0.15, -0.1) is 0 Å². The van der Waals surface area contributed by atoms with Crippen LogP contribution in [0.5, 0.6) is 5.75 Å². The zero-order valence-corrected chi connectivity index (χ0v) is 25.9. The number of hydrogen-bond donors (Lipinski definition) is 2. The second-order valence-corrected chi connectivity index (χ2v) is 11.3. The lowest BCUT2D eigenvalue weighted by molar-refractivity contribution is -0.923. The van der Waals surface area contributed by atoms with Crippen molar-refractivity contribution in [3.63, 3.8) is 0 Å². The lowest BCUT2D eigenvalue weighted by atomic mass is 10.1. The Labute approximate surface area is 240 Å². The Hall–Kier alpha value is -1.94. The van der Waals surface area contributed by atoms with E-state index in [-0.39, 0.29) is 27.8 Å². The standard InChI is InChI=1S/C29H45N3O4S.BrH/c1-5-9-10-11-14-24-36-28-16-13-12-15-27(28)29(33)31-25-17-19-26(20-18-25)37(34,35)30-21-23-32(7-3,8-4)22-6-2;/h12-13,15-20,30H,5-11,14,21-24H2,1-4H3;1H. The number of likely N-dealkylation sites (N-methyl/N-ethyl adjacent to an activating group) is 1. The molecule has 0 radical (unpaired) electrons. The molecule has 9 heteroatoms. The summed E-state index contributed by atoms with van der Waals surface area (Å²) in [6, 6.07) is 13.4. The molecule has 214 valence electrons. The second-order valence-electron chi connectivity index (χ2n) is 9.56. The van der Waals surface area contributed by atoms with Gasteiger partial charge in [0.05, 0.1) is 49.8 Å². The van der Waals surface area contributed by atoms with Crippen LogP contribution < -0.4 is 31.8 Å². The Bertz CT molecular complexity index is 1060. The van der Waals surface area contributed by atoms with E-state index in [9.17, 15) is 13.2 Å². The summed E-state index contributed by atoms with van der Waals surface area (Å²) in [5, 5.41) is 2.85. The van der Waals surface area contributed by atoms with Gasteiger partial charge in [0, 0.05) is 5.69 Å². The van der Waals surface area contributed by atoms with Gasteiger partial charge in [-0.3, -0.25) is 4.79 Å². The van der Waals surface area contributed by atoms with Gasteiger partial charge >= 0.3 is 0 Å². The first-order valence-electron chi connectivity index (χ1n) is 13.8. The van der Waals surface area contributed by atoms with Gasteiger partial charge in [-0.25, -0.2) is 13.1 Å². The number of nitrogens with one attached hydrogen (secondary N) is 2. The number of rotatable bonds is 18. The highest BCUT2D eigenvalue weighted by atomic mass is 79.9. The van der Waals surface area contributed by atoms with Crippen LogP contribution in [0.25, 0.3) is 0 Å². The van der Waals surface area contributed by atoms with Crippen LogP contribution >= 0.6 is 0 Å². The third-order valence-electron chi connectivity index (χ3n) is 6.98. The number of halogens is 1. The number of hydrogen-bond acceptors (Lipinski definition) is 4. The van der Waals surface area contributed by atoms with E-state index in [2.05, 4.69) is 37.7 Å². The van der Waals surface area contributed by atoms with Crippen molar-refractivity contribution in [1.82, 2.24) is 4.72 Å². The number of quaternary nitrogens is 1. The van der Waals surface area contributed by atoms with Crippen LogP contribution in [0.3, 0.4) is 0 Å². The molecule has 0 fully saturated rings. The van der Waals surface area contributed by atoms with E-state index in [1.54, 1.807) is 30.3 Å². The molecule has 2 N–H and O–H groups in total. The molecule has 38 heavy (non-hydrogen) atoms. The Balaban J connectivity index is 0.00000722. The van der Waals surface area contributed by atoms with Crippen molar-refractivity contribution in [3.8, 4) is 5.75 Å². The van der Waals surface area contributed by atoms with Gasteiger partial charge in [-0.05, 0) is 63.1 Å². The van der Waals surface area contributed by atoms with Crippen molar-refractivity contribution in [2.45, 2.75) is 71.1 Å². The minimum atomic E-state index is -3.63. The molecule has 0 bridgehead atoms. The quantitative estimate of drug-likeness (QED) is 0.201. The van der Waals surface area contributed by atoms with E-state index >= 15 is 0 Å². The lowest BCUT2D eigenvalue weighted by Gasteiger charge is -2.36. The molecule has 2 rings (SSSR count). The highest BCUT2D eigenvalue weighted by Gasteiger charge is 2.23. The van der Waals surface area contributed by atoms with Crippen LogP contribution in [0.1, 0.15) is 76.6 Å². The first-order chi connectivity index (χ1) is 17.8. The maximum Gasteiger partial charge on any atom is 0.259 e. The molecule has 0 saturated carbocycles. The number of sulfonamides is 1. The predicted molar refractivity (Wildman–Crippen MR) is 152 cm³/mol. The Morgan fingerprint density at radius 1 is 0.842 bits per heavy atom. The summed E-state index contributed by atoms with van der Waals surface area (Å²) < 4.78 is 35.1. The van der Waals surface area contributed by atoms with Gasteiger partial charge in [0.15, 0.2) is 0 Å². The van der Waals surface area contributed by atoms with Crippen LogP contribution in [0.2, 0.25) is 0 Å². The number of benzene rings is 2. The average molecular weight is 613 g/mol. The van der Waals surface area contributed by atoms with E-state index in [0.717, 1.165) is 49.9 Å². The minimum Gasteiger partial charge on any atom is -1.00 e. The fourth-order valence-corrected chi connectivity index (χ4v) is 5.55. The van der Waals surface area contributed by atoms with Gasteiger partial charge in [-0.1, -0.05) is 51.7 Å². The van der Waals surface area contributed by atoms with Crippen molar-refractivity contribution >= 4 is 21.6 Å². The number of carbonyl (C=O) groups excluding carboxylic acids is 1. The average Bonchev–Trinajstić information content (AvgIpc) is 2.90. The van der Waals surface area contributed by atoms with Gasteiger partial charge in [-0.2, -0.15) is 0 Å². The van der Waals surface area contributed by atoms with Crippen molar-refractivity contribution in [2.24, 2.45) is 0 Å². The molecular formula is C29H46BrN3O4S. The lowest BCUT2D eigenvalue weighted by Crippen LogP contribution is -3.00. The van der Waals surface area contributed by atoms with Crippen molar-refractivity contribution in [2.75, 3.05) is 44.6 Å². The Kier molecular flexibility index (Phi) is 15.8. The van der Waals surface area contributed by atoms with Crippen molar-refractivity contribution < 1.29 is 39.4 Å². The number of para-hydroxylation sites is 1. The SMILES string of the molecule is CCCCCCCOc1ccccc1C(=O)Nc1ccc(S(=O)(=O)NCC[N+](CC)(CC)CCC)cc1.[Br-]. The highest BCUT2D eigenvalue weighted by Crippen LogP contribution is 2.21. The van der Waals surface area contributed by atoms with Crippen LogP contribution in [0.15, 0.2) is 53.4 Å². The van der Waals surface area contributed by atoms with Crippen LogP contribution in [0, 0.1) is 0 Å². The zero-order valence-electron chi connectivity index (χ0n) is 23.5. The summed E-state index contributed by atoms with van der Waals surface area (Å²) in [7, 11) is -3.63. The van der Waals surface area contributed by atoms with E-state index < -0.39 is 10.0 Å². The molecule has 2 aromatic carbocycles. The van der Waals surface area contributed by atoms with Crippen molar-refractivity contribution in [1.29, 1.82) is 0 Å². The molecule has 1 amide bonds. The van der Waals surface area contributed by atoms with Gasteiger partial charge in [0.25, 0.3) is 5.91 Å². The largest absolute Gasteiger partial charge is 1.00 e. The molecule has 0 spiro atoms. The molecule has 0 atom stereocenters. The Morgan fingerprint density at radius 2 is 1.50 bits per heavy atom. The Morgan fingerprint density at radius 3 is 2.13 bits per heavy atom. The number of amides is 1. The zero-order chi connectivity index (χ0) is 27.2. The highest BCUT2D eigenvalue weighted by molar-refractivity contribution is 7.89. The van der Waals surface area contributed by atoms with E-state index in [1.807, 2.05) is 6.07 Å². The molecule has 0 aliphatic heterocycles. The number of carbonyl (C=O) groups is 1. The van der Waals surface area contributed by atoms with E-state index in [4.69, 9.17) is 4.74 Å². The second kappa shape index (κ2) is 17.6. The number of ether oxygens (including phenoxy) is 1. The maximum absolute atomic E-state index is 12.9. The summed E-state index contributed by atoms with van der Waals surface area (Å²) in [6.45, 7) is 13.4. The number of anilines is 1. The predicted octanol–water partition coefficient (Wildman–Crippen LogP) is 2.84. The molecule has 2 aromatic rings. The molecule has 7 nitrogen and oxygen atoms in total. The van der Waals surface area contributed by atoms with E-state index in [0.29, 0.717) is 30.2 Å². The van der Waals surface area contributed by atoms with E-state index in [1.165, 1.54) is 31.4 Å². The molecule has 0 aliphatic carbocycles. The van der Waals surface area contributed by atoms with Crippen molar-refractivity contribution in [3.05, 3.63) is 54.1 Å². The smallest absolute Gasteiger partial charge is 0.259 e. The first kappa shape index (κ1) is 34.1. The molecule has 0 unspecified atom stereocenters. The third kappa shape index (κ3) is 10.7. The molecule has 0 aliphatic rings. The fraction of sp³-hybridized carbons (Fsp3) is 0.552. The maximum atomic E-state index is 12.9. The normalized spacial score (nSPS) is 11.6. The van der Waals surface area contributed by atoms with Crippen LogP contribution in [-0.4, -0.2) is 58.1 Å². The molecule has 0 heterocycles. The number of nitrogens with zero attached hydrogens (tertiary/aromatic N) is 1. The van der Waals surface area contributed by atoms with Crippen LogP contribution in [0.4, 0.5) is 5.69 Å². The molecule has 0 saturated heterocycles. The summed E-state index contributed by atoms with van der Waals surface area (Å²) in [5.74, 6) is 0.259. The third-order valence-corrected chi connectivity index (χ3v) is 8.45. The topological polar surface area (TPSA) is 84.5 Å². The number of unbranched alkanes of at least 4 members (excludes halogenated alkanes) is 4. The van der Waals surface area contributed by atoms with Gasteiger partial charge < -0.3 is 31.5 Å². The van der Waals surface area contributed by atoms with Gasteiger partial charge in [0.2, 0.25) is 10.0 Å². The monoisotopic (exact) mass is 611 g/mol.